The van der Waals surface area contributed by atoms with Crippen LogP contribution in [-0.4, -0.2) is 193 Å². The minimum atomic E-state index is -1.13. The fourth-order valence-electron chi connectivity index (χ4n) is 12.7. The molecule has 27 nitrogen and oxygen atoms in total. The summed E-state index contributed by atoms with van der Waals surface area (Å²) in [5.74, 6) is -6.41. The Morgan fingerprint density at radius 2 is 1.31 bits per heavy atom. The summed E-state index contributed by atoms with van der Waals surface area (Å²) in [7, 11) is 6.08. The van der Waals surface area contributed by atoms with E-state index in [1.807, 2.05) is 32.0 Å². The number of unbranched alkanes of at least 4 members (excludes halogenated alkanes) is 2. The van der Waals surface area contributed by atoms with E-state index in [0.717, 1.165) is 5.06 Å². The normalized spacial score (nSPS) is 17.0. The van der Waals surface area contributed by atoms with Crippen LogP contribution in [0.1, 0.15) is 171 Å². The number of imide groups is 1. The van der Waals surface area contributed by atoms with Crippen molar-refractivity contribution >= 4 is 71.0 Å². The third-order valence-electron chi connectivity index (χ3n) is 18.6. The lowest BCUT2D eigenvalue weighted by Gasteiger charge is -2.41. The number of ether oxygens (including phenoxy) is 3. The van der Waals surface area contributed by atoms with Crippen LogP contribution in [0.25, 0.3) is 0 Å². The number of primary amides is 1. The van der Waals surface area contributed by atoms with Gasteiger partial charge in [-0.25, -0.2) is 9.59 Å². The molecule has 0 aromatic heterocycles. The number of likely N-dealkylation sites (N-methyl/N-ethyl adjacent to an activating group) is 2. The highest BCUT2D eigenvalue weighted by Gasteiger charge is 2.44. The average molecular weight is 1380 g/mol. The van der Waals surface area contributed by atoms with E-state index in [-0.39, 0.29) is 80.2 Å². The number of methoxy groups -OCH3 is 2. The molecular weight excluding hydrogens is 1270 g/mol. The number of benzene rings is 3. The molecule has 1 fully saturated rings. The molecule has 0 spiro atoms. The molecule has 5 rings (SSSR count). The first kappa shape index (κ1) is 81.1. The van der Waals surface area contributed by atoms with E-state index in [0.29, 0.717) is 61.9 Å². The molecule has 2 heterocycles. The fraction of sp³-hybridized carbons (Fsp3) is 0.597. The number of rotatable bonds is 39. The maximum atomic E-state index is 14.8. The predicted molar refractivity (Wildman–Crippen MR) is 370 cm³/mol. The molecule has 0 saturated carbocycles. The Morgan fingerprint density at radius 3 is 1.89 bits per heavy atom. The smallest absolute Gasteiger partial charge is 0.410 e. The number of amides is 12. The lowest BCUT2D eigenvalue weighted by atomic mass is 9.89. The van der Waals surface area contributed by atoms with Gasteiger partial charge in [0.15, 0.2) is 0 Å². The van der Waals surface area contributed by atoms with Gasteiger partial charge in [0.2, 0.25) is 41.4 Å². The molecule has 3 aromatic rings. The highest BCUT2D eigenvalue weighted by Crippen LogP contribution is 2.31. The van der Waals surface area contributed by atoms with Crippen LogP contribution in [0.4, 0.5) is 15.3 Å². The first-order valence-electron chi connectivity index (χ1n) is 34.5. The van der Waals surface area contributed by atoms with E-state index >= 15 is 0 Å². The summed E-state index contributed by atoms with van der Waals surface area (Å²) in [6, 6.07) is 15.1. The summed E-state index contributed by atoms with van der Waals surface area (Å²) in [6.45, 7) is 18.4. The zero-order valence-electron chi connectivity index (χ0n) is 60.0. The molecule has 12 amide bonds. The van der Waals surface area contributed by atoms with E-state index < -0.39 is 132 Å². The third kappa shape index (κ3) is 22.7. The van der Waals surface area contributed by atoms with Gasteiger partial charge in [-0.2, -0.15) is 0 Å². The Balaban J connectivity index is 1.15. The van der Waals surface area contributed by atoms with Crippen molar-refractivity contribution in [3.05, 3.63) is 101 Å². The van der Waals surface area contributed by atoms with Gasteiger partial charge >= 0.3 is 12.1 Å². The Morgan fingerprint density at radius 1 is 0.687 bits per heavy atom. The van der Waals surface area contributed by atoms with Crippen LogP contribution in [0.3, 0.4) is 0 Å². The maximum Gasteiger partial charge on any atom is 0.410 e. The molecule has 99 heavy (non-hydrogen) atoms. The lowest BCUT2D eigenvalue weighted by Crippen LogP contribution is -2.60. The van der Waals surface area contributed by atoms with E-state index in [4.69, 9.17) is 24.8 Å². The van der Waals surface area contributed by atoms with Crippen molar-refractivity contribution in [2.75, 3.05) is 53.3 Å². The lowest BCUT2D eigenvalue weighted by molar-refractivity contribution is -0.148. The standard InChI is InChI=1S/C72H107N11O16/c1-15-45(8)61(55(96-13)40-57(85)82-38-25-31-54(82)63(97-14)46(9)64(87)75-47(10)62(86)49-26-18-16-19-27-49)80(11)70(93)59(43(4)5)79-67(90)60(44(6)7)81(12)72(95)98-41-48-33-35-50(36-34-48)76-65(88)53(30-24-37-74-71(73)94)77-66(89)58(42(2)3)78-56(84)32-20-17-23-39-99-83-68(91)51-28-21-22-29-52(51)69(83)92/h16,18-19,21-22,26-29,33-36,42-47,53-55,58-63,86H,15,17,20,23-25,30-32,37-41H2,1-14H3,(H,75,87)(H,76,88)(H,77,89)(H,78,84)(H,79,90)(H3,73,74,94)/t45-,46+,47+,53-,54-,55+,58-,59-,60-,61-,62+,63+/m0/s1. The molecule has 0 aliphatic carbocycles. The number of urea groups is 1. The number of nitrogens with two attached hydrogens (primary N) is 1. The topological polar surface area (TPSA) is 356 Å². The second-order valence-corrected chi connectivity index (χ2v) is 26.9. The van der Waals surface area contributed by atoms with Crippen LogP contribution in [0, 0.1) is 29.6 Å². The van der Waals surface area contributed by atoms with Gasteiger partial charge in [-0.3, -0.25) is 52.9 Å². The number of fused-ring (bicyclic) bond motifs is 1. The number of aliphatic hydroxyl groups excluding tert-OH is 1. The number of carbonyl (C=O) groups is 11. The molecule has 0 bridgehead atoms. The molecule has 27 heteroatoms. The Hall–Kier alpha value is -8.53. The molecule has 2 aliphatic heterocycles. The second kappa shape index (κ2) is 39.3. The Labute approximate surface area is 582 Å². The van der Waals surface area contributed by atoms with Gasteiger partial charge in [-0.15, -0.1) is 5.06 Å². The van der Waals surface area contributed by atoms with Crippen molar-refractivity contribution in [1.82, 2.24) is 46.3 Å². The average Bonchev–Trinajstić information content (AvgIpc) is 1.71. The molecular formula is C72H107N11O16. The minimum absolute atomic E-state index is 0.0649. The van der Waals surface area contributed by atoms with Gasteiger partial charge < -0.3 is 66.8 Å². The summed E-state index contributed by atoms with van der Waals surface area (Å²) >= 11 is 0. The number of hydrogen-bond acceptors (Lipinski definition) is 16. The summed E-state index contributed by atoms with van der Waals surface area (Å²) in [4.78, 5) is 159. The molecule has 0 unspecified atom stereocenters. The second-order valence-electron chi connectivity index (χ2n) is 26.9. The summed E-state index contributed by atoms with van der Waals surface area (Å²) in [5, 5.41) is 28.4. The van der Waals surface area contributed by atoms with E-state index in [1.54, 1.807) is 133 Å². The molecule has 12 atom stereocenters. The monoisotopic (exact) mass is 1380 g/mol. The van der Waals surface area contributed by atoms with Crippen molar-refractivity contribution in [3.8, 4) is 0 Å². The number of hydrogen-bond donors (Lipinski definition) is 8. The van der Waals surface area contributed by atoms with Crippen molar-refractivity contribution in [2.24, 2.45) is 35.3 Å². The van der Waals surface area contributed by atoms with Gasteiger partial charge in [0.05, 0.1) is 66.5 Å². The largest absolute Gasteiger partial charge is 0.445 e. The highest BCUT2D eigenvalue weighted by atomic mass is 16.7. The Bertz CT molecular complexity index is 3170. The SMILES string of the molecule is CC[C@H](C)[C@@H]([C@@H](CC(=O)N1CCC[C@H]1[C@H](OC)[C@@H](C)C(=O)N[C@H](C)[C@@H](O)c1ccccc1)OC)N(C)C(=O)[C@@H](NC(=O)[C@H](C(C)C)N(C)C(=O)OCc1ccc(NC(=O)[C@H](CCCNC(N)=O)NC(=O)[C@@H](NC(=O)CCCCCON2C(=O)c3ccccc3C2=O)C(C)C)cc1)C(C)C. The molecule has 1 saturated heterocycles. The first-order chi connectivity index (χ1) is 47.0. The van der Waals surface area contributed by atoms with Crippen molar-refractivity contribution in [1.29, 1.82) is 0 Å². The van der Waals surface area contributed by atoms with Gasteiger partial charge in [0.1, 0.15) is 30.8 Å². The zero-order valence-corrected chi connectivity index (χ0v) is 60.0. The number of carbonyl (C=O) groups excluding carboxylic acids is 11. The van der Waals surface area contributed by atoms with Gasteiger partial charge in [0.25, 0.3) is 11.8 Å². The number of nitrogens with zero attached hydrogens (tertiary/aromatic N) is 4. The maximum absolute atomic E-state index is 14.8. The fourth-order valence-corrected chi connectivity index (χ4v) is 12.7. The van der Waals surface area contributed by atoms with Crippen LogP contribution in [0.15, 0.2) is 78.9 Å². The predicted octanol–water partition coefficient (Wildman–Crippen LogP) is 6.38. The summed E-state index contributed by atoms with van der Waals surface area (Å²) in [5.41, 5.74) is 7.31. The minimum Gasteiger partial charge on any atom is -0.445 e. The van der Waals surface area contributed by atoms with Crippen LogP contribution in [0.5, 0.6) is 0 Å². The van der Waals surface area contributed by atoms with Gasteiger partial charge in [-0.05, 0) is 105 Å². The number of hydroxylamine groups is 2. The number of aliphatic hydroxyl groups is 1. The first-order valence-corrected chi connectivity index (χ1v) is 34.5. The highest BCUT2D eigenvalue weighted by molar-refractivity contribution is 6.20. The van der Waals surface area contributed by atoms with E-state index in [9.17, 15) is 57.8 Å². The van der Waals surface area contributed by atoms with Gasteiger partial charge in [-0.1, -0.05) is 130 Å². The van der Waals surface area contributed by atoms with Crippen molar-refractivity contribution < 1.29 is 76.9 Å². The van der Waals surface area contributed by atoms with Gasteiger partial charge in [0, 0.05) is 53.5 Å². The van der Waals surface area contributed by atoms with Crippen LogP contribution in [-0.2, 0) is 59.2 Å². The van der Waals surface area contributed by atoms with Crippen LogP contribution < -0.4 is 37.6 Å². The molecule has 9 N–H and O–H groups in total. The molecule has 546 valence electrons. The van der Waals surface area contributed by atoms with E-state index in [2.05, 4.69) is 31.9 Å². The number of nitrogens with one attached hydrogen (secondary N) is 6. The van der Waals surface area contributed by atoms with Crippen LogP contribution in [0.2, 0.25) is 0 Å². The Kier molecular flexibility index (Phi) is 32.2. The summed E-state index contributed by atoms with van der Waals surface area (Å²) < 4.78 is 17.8. The third-order valence-corrected chi connectivity index (χ3v) is 18.6. The molecule has 2 aliphatic rings. The molecule has 3 aromatic carbocycles. The summed E-state index contributed by atoms with van der Waals surface area (Å²) in [6.07, 6.45) is 0.333. The van der Waals surface area contributed by atoms with E-state index in [1.165, 1.54) is 26.2 Å². The zero-order chi connectivity index (χ0) is 73.4. The quantitative estimate of drug-likeness (QED) is 0.0227. The van der Waals surface area contributed by atoms with Crippen molar-refractivity contribution in [2.45, 2.75) is 201 Å². The molecule has 0 radical (unpaired) electrons. The number of likely N-dealkylation sites (tertiary alicyclic amines) is 1. The van der Waals surface area contributed by atoms with Crippen molar-refractivity contribution in [3.63, 3.8) is 0 Å². The van der Waals surface area contributed by atoms with Crippen LogP contribution >= 0.6 is 0 Å². The number of anilines is 1.